The standard InChI is InChI=1S/C25H25ClN4O2/c26-19-9-4-10-21(12-19)32-16-20-13-22-24(27-20)28-23(18-7-2-1-3-8-18)29-25(22)30-11-5-6-17(14-30)15-31/h1-4,7-10,12-13,17,31H,5-6,11,14-16H2,(H,27,28,29). The van der Waals surface area contributed by atoms with Gasteiger partial charge in [-0.15, -0.1) is 0 Å². The quantitative estimate of drug-likeness (QED) is 0.431. The molecule has 164 valence electrons. The number of H-pyrrole nitrogens is 1. The van der Waals surface area contributed by atoms with Gasteiger partial charge in [0.2, 0.25) is 0 Å². The maximum Gasteiger partial charge on any atom is 0.163 e. The van der Waals surface area contributed by atoms with Crippen molar-refractivity contribution in [2.24, 2.45) is 5.92 Å². The van der Waals surface area contributed by atoms with Crippen molar-refractivity contribution in [1.82, 2.24) is 15.0 Å². The summed E-state index contributed by atoms with van der Waals surface area (Å²) < 4.78 is 5.93. The van der Waals surface area contributed by atoms with Crippen LogP contribution in [0.3, 0.4) is 0 Å². The van der Waals surface area contributed by atoms with E-state index in [1.807, 2.05) is 48.5 Å². The van der Waals surface area contributed by atoms with E-state index in [9.17, 15) is 5.11 Å². The molecule has 6 nitrogen and oxygen atoms in total. The van der Waals surface area contributed by atoms with Crippen LogP contribution in [0, 0.1) is 5.92 Å². The highest BCUT2D eigenvalue weighted by Gasteiger charge is 2.24. The summed E-state index contributed by atoms with van der Waals surface area (Å²) in [5.41, 5.74) is 2.67. The molecule has 1 unspecified atom stereocenters. The van der Waals surface area contributed by atoms with Gasteiger partial charge in [0.15, 0.2) is 5.82 Å². The summed E-state index contributed by atoms with van der Waals surface area (Å²) in [4.78, 5) is 15.5. The Morgan fingerprint density at radius 2 is 1.97 bits per heavy atom. The number of aromatic nitrogens is 3. The van der Waals surface area contributed by atoms with E-state index in [4.69, 9.17) is 26.3 Å². The zero-order chi connectivity index (χ0) is 21.9. The van der Waals surface area contributed by atoms with E-state index in [0.29, 0.717) is 23.2 Å². The summed E-state index contributed by atoms with van der Waals surface area (Å²) in [7, 11) is 0. The zero-order valence-corrected chi connectivity index (χ0v) is 18.4. The molecule has 0 saturated carbocycles. The molecule has 1 saturated heterocycles. The predicted octanol–water partition coefficient (Wildman–Crippen LogP) is 5.07. The first kappa shape index (κ1) is 20.8. The molecular formula is C25H25ClN4O2. The number of benzene rings is 2. The van der Waals surface area contributed by atoms with Crippen LogP contribution in [0.5, 0.6) is 5.75 Å². The van der Waals surface area contributed by atoms with Crippen LogP contribution in [-0.2, 0) is 6.61 Å². The fraction of sp³-hybridized carbons (Fsp3) is 0.280. The van der Waals surface area contributed by atoms with E-state index < -0.39 is 0 Å². The molecule has 1 aliphatic heterocycles. The van der Waals surface area contributed by atoms with Crippen molar-refractivity contribution in [3.05, 3.63) is 71.4 Å². The third kappa shape index (κ3) is 4.42. The van der Waals surface area contributed by atoms with Gasteiger partial charge in [-0.05, 0) is 43.0 Å². The Kier molecular flexibility index (Phi) is 5.97. The summed E-state index contributed by atoms with van der Waals surface area (Å²) in [6.45, 7) is 2.27. The van der Waals surface area contributed by atoms with Crippen LogP contribution in [0.2, 0.25) is 5.02 Å². The maximum absolute atomic E-state index is 9.71. The molecular weight excluding hydrogens is 424 g/mol. The highest BCUT2D eigenvalue weighted by Crippen LogP contribution is 2.31. The summed E-state index contributed by atoms with van der Waals surface area (Å²) >= 11 is 6.07. The van der Waals surface area contributed by atoms with Gasteiger partial charge in [-0.2, -0.15) is 0 Å². The molecule has 2 N–H and O–H groups in total. The fourth-order valence-electron chi connectivity index (χ4n) is 4.21. The van der Waals surface area contributed by atoms with Crippen molar-refractivity contribution in [1.29, 1.82) is 0 Å². The Balaban J connectivity index is 1.51. The number of fused-ring (bicyclic) bond motifs is 1. The topological polar surface area (TPSA) is 74.3 Å². The van der Waals surface area contributed by atoms with Crippen molar-refractivity contribution in [3.8, 4) is 17.1 Å². The summed E-state index contributed by atoms with van der Waals surface area (Å²) in [6.07, 6.45) is 2.07. The van der Waals surface area contributed by atoms with Crippen LogP contribution < -0.4 is 9.64 Å². The molecule has 0 radical (unpaired) electrons. The van der Waals surface area contributed by atoms with E-state index in [1.54, 1.807) is 6.07 Å². The molecule has 32 heavy (non-hydrogen) atoms. The third-order valence-electron chi connectivity index (χ3n) is 5.82. The second kappa shape index (κ2) is 9.18. The van der Waals surface area contributed by atoms with Crippen molar-refractivity contribution in [3.63, 3.8) is 0 Å². The Morgan fingerprint density at radius 3 is 2.78 bits per heavy atom. The number of piperidine rings is 1. The number of aromatic amines is 1. The van der Waals surface area contributed by atoms with Gasteiger partial charge < -0.3 is 19.7 Å². The first-order chi connectivity index (χ1) is 15.7. The van der Waals surface area contributed by atoms with Gasteiger partial charge in [-0.1, -0.05) is 48.0 Å². The number of nitrogens with one attached hydrogen (secondary N) is 1. The van der Waals surface area contributed by atoms with Crippen LogP contribution in [-0.4, -0.2) is 39.8 Å². The zero-order valence-electron chi connectivity index (χ0n) is 17.7. The number of hydrogen-bond donors (Lipinski definition) is 2. The minimum Gasteiger partial charge on any atom is -0.487 e. The number of anilines is 1. The Hall–Kier alpha value is -3.09. The molecule has 2 aromatic carbocycles. The van der Waals surface area contributed by atoms with Crippen LogP contribution in [0.25, 0.3) is 22.4 Å². The molecule has 0 spiro atoms. The highest BCUT2D eigenvalue weighted by atomic mass is 35.5. The summed E-state index contributed by atoms with van der Waals surface area (Å²) in [6, 6.07) is 19.4. The highest BCUT2D eigenvalue weighted by molar-refractivity contribution is 6.30. The van der Waals surface area contributed by atoms with E-state index in [0.717, 1.165) is 54.0 Å². The van der Waals surface area contributed by atoms with Crippen molar-refractivity contribution < 1.29 is 9.84 Å². The van der Waals surface area contributed by atoms with E-state index in [-0.39, 0.29) is 12.5 Å². The molecule has 5 rings (SSSR count). The van der Waals surface area contributed by atoms with Crippen LogP contribution in [0.15, 0.2) is 60.7 Å². The Morgan fingerprint density at radius 1 is 1.09 bits per heavy atom. The number of nitrogens with zero attached hydrogens (tertiary/aromatic N) is 3. The predicted molar refractivity (Wildman–Crippen MR) is 127 cm³/mol. The van der Waals surface area contributed by atoms with Crippen LogP contribution in [0.1, 0.15) is 18.5 Å². The first-order valence-corrected chi connectivity index (χ1v) is 11.3. The van der Waals surface area contributed by atoms with Crippen LogP contribution >= 0.6 is 11.6 Å². The van der Waals surface area contributed by atoms with Gasteiger partial charge in [0.05, 0.1) is 11.1 Å². The molecule has 0 aliphatic carbocycles. The molecule has 3 heterocycles. The monoisotopic (exact) mass is 448 g/mol. The molecule has 4 aromatic rings. The minimum atomic E-state index is 0.197. The number of aliphatic hydroxyl groups excluding tert-OH is 1. The number of ether oxygens (including phenoxy) is 1. The van der Waals surface area contributed by atoms with Gasteiger partial charge >= 0.3 is 0 Å². The van der Waals surface area contributed by atoms with Gasteiger partial charge in [-0.3, -0.25) is 0 Å². The van der Waals surface area contributed by atoms with E-state index in [1.165, 1.54) is 0 Å². The van der Waals surface area contributed by atoms with Crippen molar-refractivity contribution >= 4 is 28.5 Å². The van der Waals surface area contributed by atoms with Gasteiger partial charge in [0.25, 0.3) is 0 Å². The maximum atomic E-state index is 9.71. The van der Waals surface area contributed by atoms with Crippen molar-refractivity contribution in [2.45, 2.75) is 19.4 Å². The SMILES string of the molecule is OCC1CCCN(c2nc(-c3ccccc3)nc3[nH]c(COc4cccc(Cl)c4)cc23)C1. The number of aliphatic hydroxyl groups is 1. The Bertz CT molecular complexity index is 1210. The molecule has 2 aromatic heterocycles. The molecule has 0 amide bonds. The van der Waals surface area contributed by atoms with Gasteiger partial charge in [0, 0.05) is 30.3 Å². The Labute approximate surface area is 191 Å². The first-order valence-electron chi connectivity index (χ1n) is 10.9. The molecule has 0 bridgehead atoms. The lowest BCUT2D eigenvalue weighted by Gasteiger charge is -2.33. The fourth-order valence-corrected chi connectivity index (χ4v) is 4.39. The lowest BCUT2D eigenvalue weighted by atomic mass is 9.99. The smallest absolute Gasteiger partial charge is 0.163 e. The molecule has 7 heteroatoms. The largest absolute Gasteiger partial charge is 0.487 e. The lowest BCUT2D eigenvalue weighted by Crippen LogP contribution is -2.37. The second-order valence-electron chi connectivity index (χ2n) is 8.18. The van der Waals surface area contributed by atoms with Crippen LogP contribution in [0.4, 0.5) is 5.82 Å². The average molecular weight is 449 g/mol. The van der Waals surface area contributed by atoms with Crippen molar-refractivity contribution in [2.75, 3.05) is 24.6 Å². The number of hydrogen-bond acceptors (Lipinski definition) is 5. The second-order valence-corrected chi connectivity index (χ2v) is 8.61. The lowest BCUT2D eigenvalue weighted by molar-refractivity contribution is 0.208. The molecule has 1 atom stereocenters. The van der Waals surface area contributed by atoms with E-state index in [2.05, 4.69) is 16.0 Å². The average Bonchev–Trinajstić information content (AvgIpc) is 3.26. The normalized spacial score (nSPS) is 16.4. The van der Waals surface area contributed by atoms with Gasteiger partial charge in [-0.25, -0.2) is 9.97 Å². The molecule has 1 fully saturated rings. The third-order valence-corrected chi connectivity index (χ3v) is 6.06. The summed E-state index contributed by atoms with van der Waals surface area (Å²) in [5, 5.41) is 11.3. The van der Waals surface area contributed by atoms with E-state index >= 15 is 0 Å². The molecule has 1 aliphatic rings. The number of rotatable bonds is 6. The number of halogens is 1. The minimum absolute atomic E-state index is 0.197. The van der Waals surface area contributed by atoms with Gasteiger partial charge in [0.1, 0.15) is 23.8 Å². The summed E-state index contributed by atoms with van der Waals surface area (Å²) in [5.74, 6) is 2.56.